The second-order valence-electron chi connectivity index (χ2n) is 12.3. The SMILES string of the molecule is CC(C)(C)c1cccc(-c2nc3c(-c4[c-]c(-c5ccc(C#N)cn5)cc(-c5ccccc5)c4)cccc3n2-c2ccccc2)c1O.[Pt]. The summed E-state index contributed by atoms with van der Waals surface area (Å²) in [6, 6.07) is 46.0. The third-order valence-corrected chi connectivity index (χ3v) is 8.22. The van der Waals surface area contributed by atoms with Crippen LogP contribution in [0.5, 0.6) is 5.75 Å². The van der Waals surface area contributed by atoms with Crippen LogP contribution in [-0.2, 0) is 26.5 Å². The van der Waals surface area contributed by atoms with E-state index in [0.717, 1.165) is 55.8 Å². The van der Waals surface area contributed by atoms with Crippen molar-refractivity contribution < 1.29 is 26.2 Å². The number of phenols is 1. The number of nitriles is 1. The average molecular weight is 791 g/mol. The topological polar surface area (TPSA) is 74.7 Å². The number of nitrogens with zero attached hydrogens (tertiary/aromatic N) is 4. The minimum absolute atomic E-state index is 0. The van der Waals surface area contributed by atoms with Gasteiger partial charge in [-0.3, -0.25) is 9.55 Å². The van der Waals surface area contributed by atoms with Crippen molar-refractivity contribution in [1.29, 1.82) is 5.26 Å². The molecule has 6 heteroatoms. The number of para-hydroxylation sites is 3. The van der Waals surface area contributed by atoms with Gasteiger partial charge in [0.15, 0.2) is 0 Å². The third kappa shape index (κ3) is 6.01. The number of rotatable bonds is 5. The van der Waals surface area contributed by atoms with Crippen molar-refractivity contribution in [2.45, 2.75) is 26.2 Å². The van der Waals surface area contributed by atoms with Crippen LogP contribution in [-0.4, -0.2) is 19.6 Å². The molecule has 0 unspecified atom stereocenters. The zero-order valence-corrected chi connectivity index (χ0v) is 28.4. The molecule has 0 radical (unpaired) electrons. The zero-order valence-electron chi connectivity index (χ0n) is 26.2. The Morgan fingerprint density at radius 3 is 2.11 bits per heavy atom. The van der Waals surface area contributed by atoms with Gasteiger partial charge in [-0.2, -0.15) is 5.26 Å². The van der Waals surface area contributed by atoms with E-state index in [0.29, 0.717) is 17.0 Å². The number of phenolic OH excluding ortho intramolecular Hbond substituents is 1. The van der Waals surface area contributed by atoms with E-state index in [1.54, 1.807) is 12.3 Å². The van der Waals surface area contributed by atoms with Crippen LogP contribution in [0, 0.1) is 17.4 Å². The van der Waals surface area contributed by atoms with E-state index in [1.165, 1.54) is 0 Å². The van der Waals surface area contributed by atoms with Gasteiger partial charge in [0.1, 0.15) is 17.6 Å². The van der Waals surface area contributed by atoms with Crippen LogP contribution in [0.4, 0.5) is 0 Å². The zero-order chi connectivity index (χ0) is 31.8. The van der Waals surface area contributed by atoms with E-state index in [9.17, 15) is 10.4 Å². The number of aromatic nitrogens is 3. The van der Waals surface area contributed by atoms with Crippen LogP contribution in [0.1, 0.15) is 31.9 Å². The summed E-state index contributed by atoms with van der Waals surface area (Å²) in [6.45, 7) is 6.29. The second kappa shape index (κ2) is 12.8. The van der Waals surface area contributed by atoms with E-state index in [-0.39, 0.29) is 32.2 Å². The van der Waals surface area contributed by atoms with Crippen LogP contribution >= 0.6 is 0 Å². The average Bonchev–Trinajstić information content (AvgIpc) is 3.48. The maximum atomic E-state index is 11.6. The first-order valence-corrected chi connectivity index (χ1v) is 15.2. The molecule has 2 heterocycles. The molecular weight excluding hydrogens is 760 g/mol. The largest absolute Gasteiger partial charge is 0.507 e. The van der Waals surface area contributed by atoms with Gasteiger partial charge in [0.05, 0.1) is 22.2 Å². The Balaban J connectivity index is 0.00000386. The van der Waals surface area contributed by atoms with Gasteiger partial charge in [0.2, 0.25) is 0 Å². The van der Waals surface area contributed by atoms with Gasteiger partial charge in [0.25, 0.3) is 0 Å². The summed E-state index contributed by atoms with van der Waals surface area (Å²) in [5.41, 5.74) is 9.84. The van der Waals surface area contributed by atoms with E-state index >= 15 is 0 Å². The first kappa shape index (κ1) is 31.7. The molecular formula is C41H31N4OPt-. The van der Waals surface area contributed by atoms with Crippen molar-refractivity contribution in [3.05, 3.63) is 145 Å². The molecule has 0 bridgehead atoms. The van der Waals surface area contributed by atoms with Gasteiger partial charge >= 0.3 is 0 Å². The van der Waals surface area contributed by atoms with Crippen molar-refractivity contribution in [3.63, 3.8) is 0 Å². The van der Waals surface area contributed by atoms with Crippen molar-refractivity contribution in [1.82, 2.24) is 14.5 Å². The molecule has 0 fully saturated rings. The molecule has 0 saturated carbocycles. The fraction of sp³-hybridized carbons (Fsp3) is 0.0976. The number of fused-ring (bicyclic) bond motifs is 1. The monoisotopic (exact) mass is 790 g/mol. The summed E-state index contributed by atoms with van der Waals surface area (Å²) in [5.74, 6) is 0.890. The molecule has 232 valence electrons. The Hall–Kier alpha value is -5.30. The maximum Gasteiger partial charge on any atom is 0.148 e. The van der Waals surface area contributed by atoms with Gasteiger partial charge in [-0.1, -0.05) is 116 Å². The molecule has 0 saturated heterocycles. The molecule has 7 rings (SSSR count). The quantitative estimate of drug-likeness (QED) is 0.176. The van der Waals surface area contributed by atoms with Gasteiger partial charge in [0, 0.05) is 38.6 Å². The fourth-order valence-corrected chi connectivity index (χ4v) is 5.93. The molecule has 47 heavy (non-hydrogen) atoms. The van der Waals surface area contributed by atoms with Gasteiger partial charge < -0.3 is 5.11 Å². The second-order valence-corrected chi connectivity index (χ2v) is 12.3. The predicted octanol–water partition coefficient (Wildman–Crippen LogP) is 9.76. The van der Waals surface area contributed by atoms with Gasteiger partial charge in [-0.15, -0.1) is 23.8 Å². The standard InChI is InChI=1S/C41H31N4O.Pt/c1-41(2,3)35-18-10-17-34(39(35)46)40-44-38-33(16-11-19-37(38)45(40)32-14-8-5-9-15-32)30-22-29(28-12-6-4-7-13-28)23-31(24-30)36-21-20-27(25-42)26-43-36;/h4-23,26,46H,1-3H3;/q-1;. The number of hydrogen-bond acceptors (Lipinski definition) is 4. The molecule has 1 N–H and O–H groups in total. The van der Waals surface area contributed by atoms with Crippen LogP contribution in [0.2, 0.25) is 0 Å². The maximum absolute atomic E-state index is 11.6. The Morgan fingerprint density at radius 2 is 1.43 bits per heavy atom. The summed E-state index contributed by atoms with van der Waals surface area (Å²) in [4.78, 5) is 9.86. The van der Waals surface area contributed by atoms with E-state index < -0.39 is 0 Å². The molecule has 0 aliphatic heterocycles. The number of pyridine rings is 1. The van der Waals surface area contributed by atoms with Crippen LogP contribution in [0.25, 0.3) is 61.6 Å². The number of hydrogen-bond donors (Lipinski definition) is 1. The fourth-order valence-electron chi connectivity index (χ4n) is 5.93. The van der Waals surface area contributed by atoms with Crippen molar-refractivity contribution in [2.24, 2.45) is 0 Å². The molecule has 7 aromatic rings. The smallest absolute Gasteiger partial charge is 0.148 e. The summed E-state index contributed by atoms with van der Waals surface area (Å²) >= 11 is 0. The summed E-state index contributed by atoms with van der Waals surface area (Å²) < 4.78 is 2.12. The number of benzene rings is 5. The molecule has 2 aromatic heterocycles. The summed E-state index contributed by atoms with van der Waals surface area (Å²) in [5, 5.41) is 21.0. The molecule has 5 nitrogen and oxygen atoms in total. The van der Waals surface area contributed by atoms with E-state index in [4.69, 9.17) is 4.98 Å². The molecule has 5 aromatic carbocycles. The summed E-state index contributed by atoms with van der Waals surface area (Å²) in [6.07, 6.45) is 1.59. The molecule has 0 aliphatic carbocycles. The third-order valence-electron chi connectivity index (χ3n) is 8.22. The van der Waals surface area contributed by atoms with E-state index in [1.807, 2.05) is 66.7 Å². The van der Waals surface area contributed by atoms with Crippen molar-refractivity contribution in [2.75, 3.05) is 0 Å². The van der Waals surface area contributed by atoms with Crippen LogP contribution in [0.15, 0.2) is 128 Å². The molecule has 0 spiro atoms. The molecule has 0 amide bonds. The first-order valence-electron chi connectivity index (χ1n) is 15.2. The normalized spacial score (nSPS) is 11.2. The van der Waals surface area contributed by atoms with Crippen molar-refractivity contribution >= 4 is 11.0 Å². The van der Waals surface area contributed by atoms with Crippen LogP contribution < -0.4 is 0 Å². The van der Waals surface area contributed by atoms with Gasteiger partial charge in [-0.25, -0.2) is 4.98 Å². The van der Waals surface area contributed by atoms with E-state index in [2.05, 4.69) is 91.0 Å². The number of aromatic hydroxyl groups is 1. The molecule has 0 aliphatic rings. The Bertz CT molecular complexity index is 2250. The molecule has 0 atom stereocenters. The predicted molar refractivity (Wildman–Crippen MR) is 185 cm³/mol. The minimum atomic E-state index is -0.252. The number of imidazole rings is 1. The Kier molecular flexibility index (Phi) is 8.65. The minimum Gasteiger partial charge on any atom is -0.507 e. The van der Waals surface area contributed by atoms with Crippen LogP contribution in [0.3, 0.4) is 0 Å². The first-order chi connectivity index (χ1) is 22.3. The Morgan fingerprint density at radius 1 is 0.745 bits per heavy atom. The van der Waals surface area contributed by atoms with Crippen molar-refractivity contribution in [3.8, 4) is 62.4 Å². The van der Waals surface area contributed by atoms with Gasteiger partial charge in [-0.05, 0) is 46.9 Å². The Labute approximate surface area is 289 Å². The summed E-state index contributed by atoms with van der Waals surface area (Å²) in [7, 11) is 0.